The van der Waals surface area contributed by atoms with Crippen LogP contribution in [0.1, 0.15) is 49.0 Å². The van der Waals surface area contributed by atoms with Crippen LogP contribution in [0.2, 0.25) is 0 Å². The minimum Gasteiger partial charge on any atom is -0.392 e. The van der Waals surface area contributed by atoms with Crippen molar-refractivity contribution in [3.05, 3.63) is 29.3 Å². The van der Waals surface area contributed by atoms with Gasteiger partial charge in [0.1, 0.15) is 0 Å². The molecule has 0 aliphatic carbocycles. The molecule has 1 amide bonds. The van der Waals surface area contributed by atoms with E-state index in [0.29, 0.717) is 17.7 Å². The molecule has 2 unspecified atom stereocenters. The van der Waals surface area contributed by atoms with Crippen LogP contribution in [0.4, 0.5) is 0 Å². The number of aliphatic hydroxyl groups excluding tert-OH is 1. The van der Waals surface area contributed by atoms with E-state index in [1.54, 1.807) is 26.0 Å². The molecular weight excluding hydrogens is 328 g/mol. The van der Waals surface area contributed by atoms with Crippen LogP contribution >= 0.6 is 0 Å². The SMILES string of the molecule is Cc1ccc(S(=O)(=O)N2CCCCC2C)cc1C(=O)NCC(C)O. The second-order valence-electron chi connectivity index (χ2n) is 6.50. The highest BCUT2D eigenvalue weighted by atomic mass is 32.2. The lowest BCUT2D eigenvalue weighted by Crippen LogP contribution is -2.42. The summed E-state index contributed by atoms with van der Waals surface area (Å²) in [5.41, 5.74) is 1.02. The molecule has 0 aromatic heterocycles. The number of rotatable bonds is 5. The highest BCUT2D eigenvalue weighted by molar-refractivity contribution is 7.89. The van der Waals surface area contributed by atoms with Gasteiger partial charge in [0, 0.05) is 24.7 Å². The van der Waals surface area contributed by atoms with E-state index in [0.717, 1.165) is 19.3 Å². The number of nitrogens with one attached hydrogen (secondary N) is 1. The van der Waals surface area contributed by atoms with E-state index in [2.05, 4.69) is 5.32 Å². The number of carbonyl (C=O) groups excluding carboxylic acids is 1. The highest BCUT2D eigenvalue weighted by Gasteiger charge is 2.31. The van der Waals surface area contributed by atoms with Crippen molar-refractivity contribution in [3.8, 4) is 0 Å². The van der Waals surface area contributed by atoms with Crippen molar-refractivity contribution >= 4 is 15.9 Å². The summed E-state index contributed by atoms with van der Waals surface area (Å²) in [6.07, 6.45) is 2.09. The summed E-state index contributed by atoms with van der Waals surface area (Å²) < 4.78 is 27.3. The molecule has 0 spiro atoms. The van der Waals surface area contributed by atoms with E-state index in [1.165, 1.54) is 10.4 Å². The molecule has 6 nitrogen and oxygen atoms in total. The van der Waals surface area contributed by atoms with Gasteiger partial charge >= 0.3 is 0 Å². The molecule has 1 heterocycles. The molecule has 1 fully saturated rings. The molecule has 2 atom stereocenters. The summed E-state index contributed by atoms with van der Waals surface area (Å²) in [6, 6.07) is 4.61. The zero-order valence-corrected chi connectivity index (χ0v) is 15.3. The van der Waals surface area contributed by atoms with E-state index in [9.17, 15) is 18.3 Å². The van der Waals surface area contributed by atoms with Gasteiger partial charge in [-0.3, -0.25) is 4.79 Å². The second-order valence-corrected chi connectivity index (χ2v) is 8.39. The van der Waals surface area contributed by atoms with Crippen molar-refractivity contribution in [3.63, 3.8) is 0 Å². The van der Waals surface area contributed by atoms with Crippen LogP contribution < -0.4 is 5.32 Å². The topological polar surface area (TPSA) is 86.7 Å². The van der Waals surface area contributed by atoms with Gasteiger partial charge in [-0.1, -0.05) is 12.5 Å². The zero-order chi connectivity index (χ0) is 17.9. The van der Waals surface area contributed by atoms with Gasteiger partial charge in [0.05, 0.1) is 11.0 Å². The van der Waals surface area contributed by atoms with Crippen LogP contribution in [0.5, 0.6) is 0 Å². The number of amides is 1. The number of sulfonamides is 1. The lowest BCUT2D eigenvalue weighted by molar-refractivity contribution is 0.0923. The first-order chi connectivity index (χ1) is 11.2. The van der Waals surface area contributed by atoms with E-state index >= 15 is 0 Å². The molecule has 0 radical (unpaired) electrons. The van der Waals surface area contributed by atoms with Crippen LogP contribution in [0.3, 0.4) is 0 Å². The number of hydrogen-bond acceptors (Lipinski definition) is 4. The largest absolute Gasteiger partial charge is 0.392 e. The van der Waals surface area contributed by atoms with E-state index < -0.39 is 16.1 Å². The van der Waals surface area contributed by atoms with Gasteiger partial charge in [-0.15, -0.1) is 0 Å². The monoisotopic (exact) mass is 354 g/mol. The summed E-state index contributed by atoms with van der Waals surface area (Å²) in [6.45, 7) is 5.89. The third-order valence-corrected chi connectivity index (χ3v) is 6.37. The molecule has 1 aromatic carbocycles. The first-order valence-electron chi connectivity index (χ1n) is 8.32. The number of aliphatic hydroxyl groups is 1. The fourth-order valence-electron chi connectivity index (χ4n) is 2.91. The van der Waals surface area contributed by atoms with E-state index in [-0.39, 0.29) is 23.4 Å². The Hall–Kier alpha value is -1.44. The lowest BCUT2D eigenvalue weighted by Gasteiger charge is -2.32. The van der Waals surface area contributed by atoms with E-state index in [1.807, 2.05) is 6.92 Å². The fraction of sp³-hybridized carbons (Fsp3) is 0.588. The standard InChI is InChI=1S/C17H26N2O4S/c1-12-7-8-15(10-16(12)17(21)18-11-14(3)20)24(22,23)19-9-5-4-6-13(19)2/h7-8,10,13-14,20H,4-6,9,11H2,1-3H3,(H,18,21). The molecule has 0 saturated carbocycles. The van der Waals surface area contributed by atoms with Gasteiger partial charge in [0.2, 0.25) is 10.0 Å². The average Bonchev–Trinajstić information content (AvgIpc) is 2.53. The third kappa shape index (κ3) is 4.15. The smallest absolute Gasteiger partial charge is 0.251 e. The molecule has 134 valence electrons. The summed E-state index contributed by atoms with van der Waals surface area (Å²) in [4.78, 5) is 12.4. The van der Waals surface area contributed by atoms with Gasteiger partial charge in [-0.05, 0) is 51.3 Å². The molecule has 0 bridgehead atoms. The van der Waals surface area contributed by atoms with Crippen LogP contribution in [-0.2, 0) is 10.0 Å². The summed E-state index contributed by atoms with van der Waals surface area (Å²) in [5, 5.41) is 11.9. The van der Waals surface area contributed by atoms with Crippen molar-refractivity contribution in [2.75, 3.05) is 13.1 Å². The molecule has 1 aliphatic rings. The molecule has 1 aliphatic heterocycles. The lowest BCUT2D eigenvalue weighted by atomic mass is 10.1. The molecule has 7 heteroatoms. The Kier molecular flexibility index (Phi) is 6.01. The Morgan fingerprint density at radius 2 is 2.12 bits per heavy atom. The highest BCUT2D eigenvalue weighted by Crippen LogP contribution is 2.26. The number of benzene rings is 1. The predicted octanol–water partition coefficient (Wildman–Crippen LogP) is 1.67. The van der Waals surface area contributed by atoms with Crippen LogP contribution in [0, 0.1) is 6.92 Å². The maximum atomic E-state index is 12.9. The number of hydrogen-bond donors (Lipinski definition) is 2. The summed E-state index contributed by atoms with van der Waals surface area (Å²) in [5.74, 6) is -0.378. The minimum atomic E-state index is -3.61. The van der Waals surface area contributed by atoms with Gasteiger partial charge in [0.25, 0.3) is 5.91 Å². The first kappa shape index (κ1) is 18.9. The Morgan fingerprint density at radius 1 is 1.42 bits per heavy atom. The molecule has 2 N–H and O–H groups in total. The Balaban J connectivity index is 2.31. The zero-order valence-electron chi connectivity index (χ0n) is 14.4. The van der Waals surface area contributed by atoms with Crippen molar-refractivity contribution < 1.29 is 18.3 Å². The average molecular weight is 354 g/mol. The normalized spacial score (nSPS) is 20.6. The van der Waals surface area contributed by atoms with Crippen LogP contribution in [-0.4, -0.2) is 49.0 Å². The molecule has 1 saturated heterocycles. The quantitative estimate of drug-likeness (QED) is 0.842. The Labute approximate surface area is 143 Å². The third-order valence-electron chi connectivity index (χ3n) is 4.36. The van der Waals surface area contributed by atoms with Gasteiger partial charge in [0.15, 0.2) is 0 Å². The molecule has 2 rings (SSSR count). The number of aryl methyl sites for hydroxylation is 1. The maximum Gasteiger partial charge on any atom is 0.251 e. The number of nitrogens with zero attached hydrogens (tertiary/aromatic N) is 1. The number of piperidine rings is 1. The predicted molar refractivity (Wildman–Crippen MR) is 92.4 cm³/mol. The Morgan fingerprint density at radius 3 is 2.75 bits per heavy atom. The first-order valence-corrected chi connectivity index (χ1v) is 9.76. The number of carbonyl (C=O) groups is 1. The van der Waals surface area contributed by atoms with Gasteiger partial charge in [-0.2, -0.15) is 4.31 Å². The van der Waals surface area contributed by atoms with Gasteiger partial charge in [-0.25, -0.2) is 8.42 Å². The maximum absolute atomic E-state index is 12.9. The molecule has 1 aromatic rings. The molecular formula is C17H26N2O4S. The van der Waals surface area contributed by atoms with Crippen molar-refractivity contribution in [1.29, 1.82) is 0 Å². The summed E-state index contributed by atoms with van der Waals surface area (Å²) >= 11 is 0. The molecule has 24 heavy (non-hydrogen) atoms. The fourth-order valence-corrected chi connectivity index (χ4v) is 4.63. The van der Waals surface area contributed by atoms with Crippen molar-refractivity contribution in [2.45, 2.75) is 57.1 Å². The summed E-state index contributed by atoms with van der Waals surface area (Å²) in [7, 11) is -3.61. The minimum absolute atomic E-state index is 0.0300. The van der Waals surface area contributed by atoms with E-state index in [4.69, 9.17) is 0 Å². The van der Waals surface area contributed by atoms with Crippen molar-refractivity contribution in [1.82, 2.24) is 9.62 Å². The van der Waals surface area contributed by atoms with Crippen LogP contribution in [0.25, 0.3) is 0 Å². The van der Waals surface area contributed by atoms with Crippen LogP contribution in [0.15, 0.2) is 23.1 Å². The van der Waals surface area contributed by atoms with Crippen molar-refractivity contribution in [2.24, 2.45) is 0 Å². The Bertz CT molecular complexity index is 701. The van der Waals surface area contributed by atoms with Gasteiger partial charge < -0.3 is 10.4 Å². The second kappa shape index (κ2) is 7.63.